The minimum absolute atomic E-state index is 0.254. The van der Waals surface area contributed by atoms with Crippen molar-refractivity contribution in [2.45, 2.75) is 57.5 Å². The number of amides is 1. The molecule has 0 aromatic heterocycles. The van der Waals surface area contributed by atoms with Gasteiger partial charge in [0, 0.05) is 18.5 Å². The third kappa shape index (κ3) is 5.52. The number of para-hydroxylation sites is 1. The lowest BCUT2D eigenvalue weighted by atomic mass is 9.91. The first kappa shape index (κ1) is 17.3. The average molecular weight is 330 g/mol. The predicted molar refractivity (Wildman–Crippen MR) is 96.1 cm³/mol. The van der Waals surface area contributed by atoms with Crippen LogP contribution in [0.15, 0.2) is 30.3 Å². The van der Waals surface area contributed by atoms with Crippen LogP contribution in [0.3, 0.4) is 0 Å². The monoisotopic (exact) mass is 330 g/mol. The fourth-order valence-corrected chi connectivity index (χ4v) is 3.38. The van der Waals surface area contributed by atoms with Crippen molar-refractivity contribution in [3.63, 3.8) is 0 Å². The van der Waals surface area contributed by atoms with E-state index in [9.17, 15) is 4.79 Å². The van der Waals surface area contributed by atoms with E-state index < -0.39 is 0 Å². The molecule has 1 unspecified atom stereocenters. The van der Waals surface area contributed by atoms with Crippen LogP contribution in [-0.2, 0) is 4.79 Å². The lowest BCUT2D eigenvalue weighted by molar-refractivity contribution is -0.121. The van der Waals surface area contributed by atoms with Gasteiger partial charge >= 0.3 is 0 Å². The number of rotatable bonds is 8. The van der Waals surface area contributed by atoms with Crippen LogP contribution in [0, 0.1) is 5.92 Å². The van der Waals surface area contributed by atoms with E-state index in [1.165, 1.54) is 25.7 Å². The molecule has 4 nitrogen and oxygen atoms in total. The zero-order valence-corrected chi connectivity index (χ0v) is 14.7. The van der Waals surface area contributed by atoms with E-state index in [0.29, 0.717) is 24.4 Å². The zero-order chi connectivity index (χ0) is 16.8. The van der Waals surface area contributed by atoms with Crippen LogP contribution in [-0.4, -0.2) is 42.6 Å². The fraction of sp³-hybridized carbons (Fsp3) is 0.650. The van der Waals surface area contributed by atoms with Gasteiger partial charge in [-0.05, 0) is 70.2 Å². The first-order valence-electron chi connectivity index (χ1n) is 9.42. The molecule has 1 heterocycles. The number of carbonyl (C=O) groups is 1. The van der Waals surface area contributed by atoms with E-state index in [0.717, 1.165) is 31.9 Å². The molecule has 2 fully saturated rings. The molecule has 1 N–H and O–H groups in total. The lowest BCUT2D eigenvalue weighted by Gasteiger charge is -2.35. The Hall–Kier alpha value is -1.55. The topological polar surface area (TPSA) is 41.6 Å². The summed E-state index contributed by atoms with van der Waals surface area (Å²) in [4.78, 5) is 14.3. The van der Waals surface area contributed by atoms with Crippen LogP contribution < -0.4 is 10.1 Å². The Bertz CT molecular complexity index is 508. The second-order valence-corrected chi connectivity index (χ2v) is 7.33. The molecule has 1 aromatic carbocycles. The van der Waals surface area contributed by atoms with Gasteiger partial charge in [0.1, 0.15) is 12.4 Å². The van der Waals surface area contributed by atoms with Crippen molar-refractivity contribution in [3.05, 3.63) is 30.3 Å². The molecule has 132 valence electrons. The number of hydrogen-bond donors (Lipinski definition) is 1. The van der Waals surface area contributed by atoms with Gasteiger partial charge in [-0.25, -0.2) is 0 Å². The van der Waals surface area contributed by atoms with Gasteiger partial charge in [0.25, 0.3) is 0 Å². The highest BCUT2D eigenvalue weighted by Crippen LogP contribution is 2.24. The number of likely N-dealkylation sites (tertiary alicyclic amines) is 1. The number of benzene rings is 1. The van der Waals surface area contributed by atoms with Crippen LogP contribution in [0.1, 0.15) is 45.4 Å². The second-order valence-electron chi connectivity index (χ2n) is 7.33. The van der Waals surface area contributed by atoms with Gasteiger partial charge in [0.2, 0.25) is 5.91 Å². The largest absolute Gasteiger partial charge is 0.492 e. The molecule has 0 radical (unpaired) electrons. The molecule has 1 amide bonds. The van der Waals surface area contributed by atoms with Gasteiger partial charge < -0.3 is 10.1 Å². The summed E-state index contributed by atoms with van der Waals surface area (Å²) in [5, 5.41) is 3.09. The highest BCUT2D eigenvalue weighted by atomic mass is 16.5. The summed E-state index contributed by atoms with van der Waals surface area (Å²) in [6.45, 7) is 5.22. The van der Waals surface area contributed by atoms with E-state index >= 15 is 0 Å². The van der Waals surface area contributed by atoms with Crippen LogP contribution in [0.5, 0.6) is 5.75 Å². The van der Waals surface area contributed by atoms with Gasteiger partial charge in [-0.15, -0.1) is 0 Å². The minimum atomic E-state index is 0.254. The zero-order valence-electron chi connectivity index (χ0n) is 14.7. The van der Waals surface area contributed by atoms with Crippen molar-refractivity contribution in [2.24, 2.45) is 5.92 Å². The normalized spacial score (nSPS) is 20.5. The Morgan fingerprint density at radius 3 is 2.58 bits per heavy atom. The maximum absolute atomic E-state index is 11.8. The Morgan fingerprint density at radius 2 is 1.92 bits per heavy atom. The third-order valence-corrected chi connectivity index (χ3v) is 5.23. The van der Waals surface area contributed by atoms with Crippen LogP contribution in [0.2, 0.25) is 0 Å². The standard InChI is InChI=1S/C20H30N2O2/c1-16(15-24-19-5-3-2-4-6-19)22-13-11-17(12-14-22)7-10-20(23)21-18-8-9-18/h2-6,16-18H,7-15H2,1H3,(H,21,23). The number of nitrogens with one attached hydrogen (secondary N) is 1. The Labute approximate surface area is 145 Å². The smallest absolute Gasteiger partial charge is 0.220 e. The predicted octanol–water partition coefficient (Wildman–Crippen LogP) is 3.22. The van der Waals surface area contributed by atoms with Gasteiger partial charge in [-0.3, -0.25) is 9.69 Å². The van der Waals surface area contributed by atoms with E-state index in [4.69, 9.17) is 4.74 Å². The van der Waals surface area contributed by atoms with Gasteiger partial charge in [-0.1, -0.05) is 18.2 Å². The number of piperidine rings is 1. The summed E-state index contributed by atoms with van der Waals surface area (Å²) >= 11 is 0. The average Bonchev–Trinajstić information content (AvgIpc) is 3.43. The number of carbonyl (C=O) groups excluding carboxylic acids is 1. The number of hydrogen-bond acceptors (Lipinski definition) is 3. The molecular weight excluding hydrogens is 300 g/mol. The van der Waals surface area contributed by atoms with Crippen molar-refractivity contribution < 1.29 is 9.53 Å². The van der Waals surface area contributed by atoms with Gasteiger partial charge in [0.15, 0.2) is 0 Å². The first-order chi connectivity index (χ1) is 11.7. The Kier molecular flexibility index (Phi) is 6.13. The Morgan fingerprint density at radius 1 is 1.21 bits per heavy atom. The Balaban J connectivity index is 1.31. The van der Waals surface area contributed by atoms with Crippen molar-refractivity contribution in [1.82, 2.24) is 10.2 Å². The molecule has 24 heavy (non-hydrogen) atoms. The molecule has 1 aliphatic heterocycles. The molecule has 1 aliphatic carbocycles. The second kappa shape index (κ2) is 8.52. The summed E-state index contributed by atoms with van der Waals surface area (Å²) in [6.07, 6.45) is 6.49. The quantitative estimate of drug-likeness (QED) is 0.796. The molecule has 1 saturated heterocycles. The maximum Gasteiger partial charge on any atom is 0.220 e. The molecule has 3 rings (SSSR count). The van der Waals surface area contributed by atoms with Crippen LogP contribution >= 0.6 is 0 Å². The van der Waals surface area contributed by atoms with Crippen molar-refractivity contribution >= 4 is 5.91 Å². The van der Waals surface area contributed by atoms with Crippen molar-refractivity contribution in [3.8, 4) is 5.75 Å². The molecule has 1 saturated carbocycles. The summed E-state index contributed by atoms with van der Waals surface area (Å²) in [7, 11) is 0. The fourth-order valence-electron chi connectivity index (χ4n) is 3.38. The molecule has 4 heteroatoms. The lowest BCUT2D eigenvalue weighted by Crippen LogP contribution is -2.42. The van der Waals surface area contributed by atoms with E-state index in [2.05, 4.69) is 17.1 Å². The molecule has 0 bridgehead atoms. The van der Waals surface area contributed by atoms with E-state index in [1.54, 1.807) is 0 Å². The van der Waals surface area contributed by atoms with Gasteiger partial charge in [-0.2, -0.15) is 0 Å². The highest BCUT2D eigenvalue weighted by Gasteiger charge is 2.25. The summed E-state index contributed by atoms with van der Waals surface area (Å²) < 4.78 is 5.88. The summed E-state index contributed by atoms with van der Waals surface area (Å²) in [6, 6.07) is 11.0. The van der Waals surface area contributed by atoms with Crippen molar-refractivity contribution in [1.29, 1.82) is 0 Å². The SMILES string of the molecule is CC(COc1ccccc1)N1CCC(CCC(=O)NC2CC2)CC1. The van der Waals surface area contributed by atoms with E-state index in [1.807, 2.05) is 30.3 Å². The molecule has 2 aliphatic rings. The minimum Gasteiger partial charge on any atom is -0.492 e. The molecule has 0 spiro atoms. The molecule has 1 atom stereocenters. The van der Waals surface area contributed by atoms with Crippen LogP contribution in [0.25, 0.3) is 0 Å². The molecular formula is C20H30N2O2. The maximum atomic E-state index is 11.8. The molecule has 1 aromatic rings. The summed E-state index contributed by atoms with van der Waals surface area (Å²) in [5.41, 5.74) is 0. The number of ether oxygens (including phenoxy) is 1. The van der Waals surface area contributed by atoms with Crippen LogP contribution in [0.4, 0.5) is 0 Å². The highest BCUT2D eigenvalue weighted by molar-refractivity contribution is 5.76. The number of nitrogens with zero attached hydrogens (tertiary/aromatic N) is 1. The van der Waals surface area contributed by atoms with E-state index in [-0.39, 0.29) is 5.91 Å². The van der Waals surface area contributed by atoms with Gasteiger partial charge in [0.05, 0.1) is 0 Å². The summed E-state index contributed by atoms with van der Waals surface area (Å²) in [5.74, 6) is 1.90. The third-order valence-electron chi connectivity index (χ3n) is 5.23. The first-order valence-corrected chi connectivity index (χ1v) is 9.42. The van der Waals surface area contributed by atoms with Crippen molar-refractivity contribution in [2.75, 3.05) is 19.7 Å².